The number of nitrogens with zero attached hydrogens (tertiary/aromatic N) is 2. The molecule has 1 aliphatic rings. The second-order valence-electron chi connectivity index (χ2n) is 3.66. The maximum atomic E-state index is 12.5. The highest BCUT2D eigenvalue weighted by Crippen LogP contribution is 2.37. The first-order valence-electron chi connectivity index (χ1n) is 4.33. The third-order valence-corrected chi connectivity index (χ3v) is 1.97. The SMILES string of the molecule is CC(F)(F)Cc1nc(C2CC2)n[nH]1. The summed E-state index contributed by atoms with van der Waals surface area (Å²) >= 11 is 0. The zero-order chi connectivity index (χ0) is 9.47. The van der Waals surface area contributed by atoms with Crippen LogP contribution >= 0.6 is 0 Å². The lowest BCUT2D eigenvalue weighted by atomic mass is 10.2. The molecule has 0 radical (unpaired) electrons. The van der Waals surface area contributed by atoms with Crippen molar-refractivity contribution < 1.29 is 8.78 Å². The molecule has 13 heavy (non-hydrogen) atoms. The van der Waals surface area contributed by atoms with Crippen molar-refractivity contribution in [2.24, 2.45) is 0 Å². The van der Waals surface area contributed by atoms with Gasteiger partial charge in [-0.25, -0.2) is 13.8 Å². The molecule has 1 aliphatic carbocycles. The van der Waals surface area contributed by atoms with Gasteiger partial charge in [0.1, 0.15) is 5.82 Å². The molecule has 0 aliphatic heterocycles. The molecule has 1 aromatic rings. The molecule has 5 heteroatoms. The van der Waals surface area contributed by atoms with Gasteiger partial charge in [0.05, 0.1) is 6.42 Å². The van der Waals surface area contributed by atoms with Crippen LogP contribution in [-0.4, -0.2) is 21.1 Å². The smallest absolute Gasteiger partial charge is 0.252 e. The minimum absolute atomic E-state index is 0.286. The fourth-order valence-corrected chi connectivity index (χ4v) is 1.21. The van der Waals surface area contributed by atoms with Crippen molar-refractivity contribution in [3.8, 4) is 0 Å². The van der Waals surface area contributed by atoms with Gasteiger partial charge in [-0.05, 0) is 19.8 Å². The number of hydrogen-bond acceptors (Lipinski definition) is 2. The molecule has 0 saturated heterocycles. The van der Waals surface area contributed by atoms with Crippen LogP contribution in [0.5, 0.6) is 0 Å². The van der Waals surface area contributed by atoms with Gasteiger partial charge in [0.2, 0.25) is 0 Å². The number of aromatic amines is 1. The molecule has 1 saturated carbocycles. The Morgan fingerprint density at radius 1 is 1.54 bits per heavy atom. The Morgan fingerprint density at radius 3 is 2.77 bits per heavy atom. The fraction of sp³-hybridized carbons (Fsp3) is 0.750. The molecule has 0 atom stereocenters. The molecule has 1 N–H and O–H groups in total. The summed E-state index contributed by atoms with van der Waals surface area (Å²) in [5, 5.41) is 6.44. The van der Waals surface area contributed by atoms with Gasteiger partial charge < -0.3 is 0 Å². The molecule has 0 amide bonds. The van der Waals surface area contributed by atoms with Crippen LogP contribution in [-0.2, 0) is 6.42 Å². The number of aromatic nitrogens is 3. The lowest BCUT2D eigenvalue weighted by Crippen LogP contribution is -2.14. The normalized spacial score (nSPS) is 17.8. The first-order chi connectivity index (χ1) is 6.04. The Kier molecular flexibility index (Phi) is 1.82. The summed E-state index contributed by atoms with van der Waals surface area (Å²) in [5.74, 6) is -1.32. The molecular weight excluding hydrogens is 176 g/mol. The zero-order valence-electron chi connectivity index (χ0n) is 7.35. The minimum atomic E-state index is -2.71. The van der Waals surface area contributed by atoms with Crippen LogP contribution in [0.15, 0.2) is 0 Å². The number of nitrogens with one attached hydrogen (secondary N) is 1. The molecule has 1 aromatic heterocycles. The first-order valence-corrected chi connectivity index (χ1v) is 4.33. The molecule has 0 bridgehead atoms. The van der Waals surface area contributed by atoms with E-state index >= 15 is 0 Å². The monoisotopic (exact) mass is 187 g/mol. The van der Waals surface area contributed by atoms with E-state index in [0.29, 0.717) is 11.7 Å². The van der Waals surface area contributed by atoms with Crippen molar-refractivity contribution in [3.05, 3.63) is 11.6 Å². The summed E-state index contributed by atoms with van der Waals surface area (Å²) < 4.78 is 25.1. The molecule has 1 fully saturated rings. The second kappa shape index (κ2) is 2.75. The Morgan fingerprint density at radius 2 is 2.23 bits per heavy atom. The van der Waals surface area contributed by atoms with Crippen molar-refractivity contribution in [1.82, 2.24) is 15.2 Å². The van der Waals surface area contributed by atoms with E-state index in [9.17, 15) is 8.78 Å². The Bertz CT molecular complexity index is 299. The molecule has 0 unspecified atom stereocenters. The summed E-state index contributed by atoms with van der Waals surface area (Å²) in [7, 11) is 0. The molecule has 0 spiro atoms. The zero-order valence-corrected chi connectivity index (χ0v) is 7.35. The van der Waals surface area contributed by atoms with E-state index in [1.807, 2.05) is 0 Å². The average Bonchev–Trinajstić information content (AvgIpc) is 2.72. The van der Waals surface area contributed by atoms with Crippen molar-refractivity contribution in [2.75, 3.05) is 0 Å². The number of rotatable bonds is 3. The van der Waals surface area contributed by atoms with Gasteiger partial charge in [0, 0.05) is 5.92 Å². The number of H-pyrrole nitrogens is 1. The van der Waals surface area contributed by atoms with Crippen molar-refractivity contribution in [3.63, 3.8) is 0 Å². The van der Waals surface area contributed by atoms with Crippen LogP contribution in [0.4, 0.5) is 8.78 Å². The van der Waals surface area contributed by atoms with E-state index in [2.05, 4.69) is 15.2 Å². The summed E-state index contributed by atoms with van der Waals surface area (Å²) in [6, 6.07) is 0. The number of halogens is 2. The Balaban J connectivity index is 2.04. The van der Waals surface area contributed by atoms with Crippen LogP contribution in [0.2, 0.25) is 0 Å². The van der Waals surface area contributed by atoms with Crippen LogP contribution in [0, 0.1) is 0 Å². The fourth-order valence-electron chi connectivity index (χ4n) is 1.21. The molecule has 2 rings (SSSR count). The van der Waals surface area contributed by atoms with Gasteiger partial charge >= 0.3 is 0 Å². The van der Waals surface area contributed by atoms with Gasteiger partial charge in [-0.3, -0.25) is 5.10 Å². The van der Waals surface area contributed by atoms with Crippen LogP contribution in [0.1, 0.15) is 37.3 Å². The van der Waals surface area contributed by atoms with Gasteiger partial charge in [0.15, 0.2) is 5.82 Å². The van der Waals surface area contributed by atoms with E-state index in [4.69, 9.17) is 0 Å². The topological polar surface area (TPSA) is 41.6 Å². The quantitative estimate of drug-likeness (QED) is 0.784. The number of hydrogen-bond donors (Lipinski definition) is 1. The summed E-state index contributed by atoms with van der Waals surface area (Å²) in [4.78, 5) is 4.01. The first kappa shape index (κ1) is 8.59. The predicted molar refractivity (Wildman–Crippen MR) is 42.7 cm³/mol. The van der Waals surface area contributed by atoms with Gasteiger partial charge in [-0.1, -0.05) is 0 Å². The van der Waals surface area contributed by atoms with Gasteiger partial charge in [-0.15, -0.1) is 0 Å². The van der Waals surface area contributed by atoms with E-state index < -0.39 is 5.92 Å². The van der Waals surface area contributed by atoms with Crippen LogP contribution in [0.25, 0.3) is 0 Å². The highest BCUT2D eigenvalue weighted by molar-refractivity contribution is 5.05. The van der Waals surface area contributed by atoms with E-state index in [1.165, 1.54) is 0 Å². The highest BCUT2D eigenvalue weighted by Gasteiger charge is 2.29. The van der Waals surface area contributed by atoms with Gasteiger partial charge in [-0.2, -0.15) is 5.10 Å². The lowest BCUT2D eigenvalue weighted by Gasteiger charge is -2.05. The third-order valence-electron chi connectivity index (χ3n) is 1.97. The van der Waals surface area contributed by atoms with Crippen molar-refractivity contribution in [1.29, 1.82) is 0 Å². The maximum Gasteiger partial charge on any atom is 0.252 e. The van der Waals surface area contributed by atoms with E-state index in [0.717, 1.165) is 19.8 Å². The largest absolute Gasteiger partial charge is 0.263 e. The van der Waals surface area contributed by atoms with Crippen molar-refractivity contribution in [2.45, 2.75) is 38.0 Å². The molecular formula is C8H11F2N3. The van der Waals surface area contributed by atoms with Crippen molar-refractivity contribution >= 4 is 0 Å². The average molecular weight is 187 g/mol. The minimum Gasteiger partial charge on any atom is -0.263 e. The molecule has 72 valence electrons. The standard InChI is InChI=1S/C8H11F2N3/c1-8(9,10)4-6-11-7(13-12-6)5-2-3-5/h5H,2-4H2,1H3,(H,11,12,13). The Hall–Kier alpha value is -1.00. The molecule has 1 heterocycles. The summed E-state index contributed by atoms with van der Waals surface area (Å²) in [6.07, 6.45) is 1.81. The maximum absolute atomic E-state index is 12.5. The predicted octanol–water partition coefficient (Wildman–Crippen LogP) is 1.88. The molecule has 3 nitrogen and oxygen atoms in total. The van der Waals surface area contributed by atoms with E-state index in [1.54, 1.807) is 0 Å². The third kappa shape index (κ3) is 2.23. The van der Waals surface area contributed by atoms with Crippen LogP contribution in [0.3, 0.4) is 0 Å². The van der Waals surface area contributed by atoms with Gasteiger partial charge in [0.25, 0.3) is 5.92 Å². The summed E-state index contributed by atoms with van der Waals surface area (Å²) in [6.45, 7) is 0.881. The number of alkyl halides is 2. The Labute approximate surface area is 74.6 Å². The lowest BCUT2D eigenvalue weighted by molar-refractivity contribution is 0.0206. The van der Waals surface area contributed by atoms with Crippen LogP contribution < -0.4 is 0 Å². The summed E-state index contributed by atoms with van der Waals surface area (Å²) in [5.41, 5.74) is 0. The second-order valence-corrected chi connectivity index (χ2v) is 3.66. The molecule has 0 aromatic carbocycles. The van der Waals surface area contributed by atoms with E-state index in [-0.39, 0.29) is 12.2 Å². The highest BCUT2D eigenvalue weighted by atomic mass is 19.3.